The van der Waals surface area contributed by atoms with E-state index in [1.165, 1.54) is 0 Å². The highest BCUT2D eigenvalue weighted by Gasteiger charge is 2.29. The summed E-state index contributed by atoms with van der Waals surface area (Å²) in [6.07, 6.45) is 0. The molecule has 1 aliphatic rings. The fourth-order valence-electron chi connectivity index (χ4n) is 9.37. The lowest BCUT2D eigenvalue weighted by Gasteiger charge is -2.24. The molecule has 0 heterocycles. The molecular weight excluding hydrogens is 944 g/mol. The lowest BCUT2D eigenvalue weighted by Crippen LogP contribution is -2.31. The third-order valence-electron chi connectivity index (χ3n) is 12.6. The molecule has 358 valence electrons. The van der Waals surface area contributed by atoms with E-state index in [2.05, 4.69) is 0 Å². The number of nitrogens with zero attached hydrogens (tertiary/aromatic N) is 6. The molecule has 1 aliphatic carbocycles. The summed E-state index contributed by atoms with van der Waals surface area (Å²) in [6, 6.07) is 49.4. The summed E-state index contributed by atoms with van der Waals surface area (Å²) in [5, 5.41) is 27.0. The number of amides is 1. The number of ether oxygens (including phenoxy) is 2. The number of azo groups is 2. The molecule has 10 rings (SSSR count). The highest BCUT2D eigenvalue weighted by molar-refractivity contribution is 6.34. The van der Waals surface area contributed by atoms with Crippen molar-refractivity contribution in [2.75, 3.05) is 36.3 Å². The Morgan fingerprint density at radius 3 is 1.85 bits per heavy atom. The van der Waals surface area contributed by atoms with Gasteiger partial charge in [-0.25, -0.2) is 0 Å². The molecule has 0 N–H and O–H groups in total. The number of fused-ring (bicyclic) bond motifs is 4. The summed E-state index contributed by atoms with van der Waals surface area (Å²) in [5.74, 6) is 0.431. The van der Waals surface area contributed by atoms with Crippen LogP contribution in [0.25, 0.3) is 43.4 Å². The van der Waals surface area contributed by atoms with Gasteiger partial charge in [-0.2, -0.15) is 5.11 Å². The summed E-state index contributed by atoms with van der Waals surface area (Å²) in [4.78, 5) is 37.1. The van der Waals surface area contributed by atoms with Gasteiger partial charge in [0, 0.05) is 51.3 Å². The van der Waals surface area contributed by atoms with Crippen LogP contribution in [0.4, 0.5) is 34.1 Å². The molecule has 0 spiro atoms. The molecule has 9 aromatic carbocycles. The van der Waals surface area contributed by atoms with Gasteiger partial charge in [-0.1, -0.05) is 126 Å². The molecule has 9 aromatic rings. The van der Waals surface area contributed by atoms with Gasteiger partial charge in [0.1, 0.15) is 18.0 Å². The Hall–Kier alpha value is -7.96. The van der Waals surface area contributed by atoms with Gasteiger partial charge in [-0.3, -0.25) is 19.5 Å². The number of hydroxylamine groups is 1. The van der Waals surface area contributed by atoms with E-state index in [9.17, 15) is 9.59 Å². The van der Waals surface area contributed by atoms with Crippen molar-refractivity contribution in [2.45, 2.75) is 34.3 Å². The van der Waals surface area contributed by atoms with E-state index >= 15 is 0 Å². The van der Waals surface area contributed by atoms with Crippen molar-refractivity contribution in [1.29, 1.82) is 0 Å². The van der Waals surface area contributed by atoms with Crippen LogP contribution in [0.2, 0.25) is 10.0 Å². The molecule has 72 heavy (non-hydrogen) atoms. The van der Waals surface area contributed by atoms with Crippen LogP contribution in [0.15, 0.2) is 178 Å². The molecule has 11 nitrogen and oxygen atoms in total. The van der Waals surface area contributed by atoms with Crippen molar-refractivity contribution in [2.24, 2.45) is 20.5 Å². The van der Waals surface area contributed by atoms with E-state index in [1.54, 1.807) is 22.1 Å². The van der Waals surface area contributed by atoms with Crippen LogP contribution in [-0.2, 0) is 11.4 Å². The number of halogens is 2. The highest BCUT2D eigenvalue weighted by atomic mass is 35.5. The number of hydrogen-bond acceptors (Lipinski definition) is 10. The van der Waals surface area contributed by atoms with Crippen LogP contribution in [0.5, 0.6) is 11.5 Å². The Morgan fingerprint density at radius 2 is 1.15 bits per heavy atom. The first kappa shape index (κ1) is 47.7. The zero-order valence-corrected chi connectivity index (χ0v) is 41.5. The Bertz CT molecular complexity index is 3650. The van der Waals surface area contributed by atoms with Crippen LogP contribution >= 0.6 is 23.2 Å². The van der Waals surface area contributed by atoms with Crippen LogP contribution in [0.1, 0.15) is 59.5 Å². The first-order valence-corrected chi connectivity index (χ1v) is 24.6. The second-order valence-corrected chi connectivity index (χ2v) is 17.7. The van der Waals surface area contributed by atoms with Gasteiger partial charge in [0.25, 0.3) is 5.91 Å². The molecule has 0 aliphatic heterocycles. The minimum Gasteiger partial charge on any atom is -0.491 e. The standard InChI is InChI=1S/C59H48Cl2N6O5/c1-5-66(51-26-15-13-24-48(51)60)59(69)47-33-37-19-10-12-21-41(37)55(58(47)71-8-4)65-63-50-31-30-43-42-29-28-39(34-46(42)56(68)45-23-17-22-44(50)53(43)45)62-64-54-40-20-11-9-18-36(40)32-38(57(54)70-7-3)35-72-67(6-2)52-27-16-14-25-49(52)61/h9-34H,5-8,35H2,1-4H3. The molecular formula is C59H48Cl2N6O5. The van der Waals surface area contributed by atoms with Gasteiger partial charge in [-0.15, -0.1) is 15.3 Å². The molecule has 1 amide bonds. The van der Waals surface area contributed by atoms with Crippen molar-refractivity contribution in [3.8, 4) is 22.6 Å². The Labute approximate surface area is 426 Å². The molecule has 0 unspecified atom stereocenters. The second-order valence-electron chi connectivity index (χ2n) is 16.9. The Kier molecular flexibility index (Phi) is 13.8. The number of carbonyl (C=O) groups excluding carboxylic acids is 2. The zero-order chi connectivity index (χ0) is 49.9. The monoisotopic (exact) mass is 990 g/mol. The van der Waals surface area contributed by atoms with E-state index in [0.717, 1.165) is 54.7 Å². The minimum atomic E-state index is -0.284. The van der Waals surface area contributed by atoms with Crippen molar-refractivity contribution in [1.82, 2.24) is 0 Å². The maximum atomic E-state index is 14.6. The molecule has 0 saturated carbocycles. The van der Waals surface area contributed by atoms with Crippen LogP contribution in [0, 0.1) is 0 Å². The molecule has 0 fully saturated rings. The van der Waals surface area contributed by atoms with Crippen molar-refractivity contribution in [3.63, 3.8) is 0 Å². The maximum absolute atomic E-state index is 14.6. The first-order valence-electron chi connectivity index (χ1n) is 23.9. The molecule has 0 saturated heterocycles. The fourth-order valence-corrected chi connectivity index (χ4v) is 9.84. The molecule has 0 radical (unpaired) electrons. The number of carbonyl (C=O) groups is 2. The van der Waals surface area contributed by atoms with E-state index in [-0.39, 0.29) is 24.9 Å². The van der Waals surface area contributed by atoms with Gasteiger partial charge in [-0.05, 0) is 104 Å². The summed E-state index contributed by atoms with van der Waals surface area (Å²) in [6.45, 7) is 9.48. The van der Waals surface area contributed by atoms with Gasteiger partial charge < -0.3 is 14.4 Å². The fraction of sp³-hybridized carbons (Fsp3) is 0.153. The number of rotatable bonds is 16. The Balaban J connectivity index is 1.00. The van der Waals surface area contributed by atoms with Gasteiger partial charge in [0.2, 0.25) is 0 Å². The number of anilines is 2. The lowest BCUT2D eigenvalue weighted by atomic mass is 9.82. The molecule has 0 bridgehead atoms. The largest absolute Gasteiger partial charge is 0.491 e. The summed E-state index contributed by atoms with van der Waals surface area (Å²) in [5.41, 5.74) is 7.16. The van der Waals surface area contributed by atoms with Crippen LogP contribution in [-0.4, -0.2) is 38.0 Å². The molecule has 0 atom stereocenters. The van der Waals surface area contributed by atoms with Gasteiger partial charge in [0.05, 0.1) is 51.6 Å². The smallest absolute Gasteiger partial charge is 0.262 e. The minimum absolute atomic E-state index is 0.150. The zero-order valence-electron chi connectivity index (χ0n) is 40.0. The van der Waals surface area contributed by atoms with E-state index in [0.29, 0.717) is 86.4 Å². The Morgan fingerprint density at radius 1 is 0.542 bits per heavy atom. The topological polar surface area (TPSA) is 118 Å². The molecule has 13 heteroatoms. The average molecular weight is 992 g/mol. The predicted molar refractivity (Wildman–Crippen MR) is 289 cm³/mol. The predicted octanol–water partition coefficient (Wildman–Crippen LogP) is 16.9. The molecule has 0 aromatic heterocycles. The summed E-state index contributed by atoms with van der Waals surface area (Å²) >= 11 is 13.2. The van der Waals surface area contributed by atoms with Gasteiger partial charge >= 0.3 is 0 Å². The lowest BCUT2D eigenvalue weighted by molar-refractivity contribution is 0.0953. The summed E-state index contributed by atoms with van der Waals surface area (Å²) in [7, 11) is 0. The average Bonchev–Trinajstić information content (AvgIpc) is 3.40. The number of para-hydroxylation sites is 2. The first-order chi connectivity index (χ1) is 35.2. The van der Waals surface area contributed by atoms with E-state index in [1.807, 2.05) is 173 Å². The van der Waals surface area contributed by atoms with Crippen LogP contribution in [0.3, 0.4) is 0 Å². The van der Waals surface area contributed by atoms with Gasteiger partial charge in [0.15, 0.2) is 17.3 Å². The van der Waals surface area contributed by atoms with Crippen molar-refractivity contribution < 1.29 is 23.9 Å². The quantitative estimate of drug-likeness (QED) is 0.0703. The maximum Gasteiger partial charge on any atom is 0.262 e. The third kappa shape index (κ3) is 8.91. The normalized spacial score (nSPS) is 12.1. The van der Waals surface area contributed by atoms with Crippen molar-refractivity contribution in [3.05, 3.63) is 190 Å². The SMILES string of the molecule is CCOc1c(CON(CC)c2ccccc2Cl)cc2ccccc2c1N=Nc1ccc2c(c1)C(=O)c1cccc3c(N=Nc4c(OCC)c(C(=O)N(CC)c5ccccc5Cl)cc5ccccc45)ccc-2c13. The second kappa shape index (κ2) is 20.8. The van der Waals surface area contributed by atoms with E-state index < -0.39 is 0 Å². The van der Waals surface area contributed by atoms with E-state index in [4.69, 9.17) is 58.0 Å². The third-order valence-corrected chi connectivity index (χ3v) is 13.3. The number of ketones is 1. The highest BCUT2D eigenvalue weighted by Crippen LogP contribution is 2.47. The summed E-state index contributed by atoms with van der Waals surface area (Å²) < 4.78 is 12.6. The van der Waals surface area contributed by atoms with Crippen LogP contribution < -0.4 is 19.4 Å². The van der Waals surface area contributed by atoms with Crippen molar-refractivity contribution >= 4 is 101 Å². The number of benzene rings is 9. The number of hydrogen-bond donors (Lipinski definition) is 0.